The van der Waals surface area contributed by atoms with Crippen molar-refractivity contribution in [3.63, 3.8) is 0 Å². The van der Waals surface area contributed by atoms with Crippen molar-refractivity contribution in [3.05, 3.63) is 39.6 Å². The van der Waals surface area contributed by atoms with E-state index in [9.17, 15) is 8.78 Å². The van der Waals surface area contributed by atoms with E-state index in [1.165, 1.54) is 27.5 Å². The van der Waals surface area contributed by atoms with Gasteiger partial charge >= 0.3 is 6.29 Å². The maximum absolute atomic E-state index is 13.0. The topological polar surface area (TPSA) is 30.5 Å². The predicted octanol–water partition coefficient (Wildman–Crippen LogP) is 4.86. The Hall–Kier alpha value is -1.82. The van der Waals surface area contributed by atoms with Crippen LogP contribution in [0.1, 0.15) is 28.3 Å². The molecule has 0 saturated carbocycles. The van der Waals surface area contributed by atoms with E-state index in [0.717, 1.165) is 0 Å². The van der Waals surface area contributed by atoms with E-state index in [-0.39, 0.29) is 17.5 Å². The van der Waals surface area contributed by atoms with Crippen LogP contribution in [0, 0.1) is 13.8 Å². The van der Waals surface area contributed by atoms with Crippen molar-refractivity contribution in [2.75, 3.05) is 5.32 Å². The summed E-state index contributed by atoms with van der Waals surface area (Å²) in [5.41, 5.74) is 1.92. The van der Waals surface area contributed by atoms with Gasteiger partial charge in [-0.25, -0.2) is 0 Å². The third-order valence-corrected chi connectivity index (χ3v) is 4.31. The number of nitrogens with one attached hydrogen (secondary N) is 1. The minimum Gasteiger partial charge on any atom is -0.395 e. The van der Waals surface area contributed by atoms with E-state index in [1.54, 1.807) is 17.4 Å². The molecule has 0 radical (unpaired) electrons. The molecule has 1 aliphatic heterocycles. The zero-order valence-electron chi connectivity index (χ0n) is 11.9. The lowest BCUT2D eigenvalue weighted by molar-refractivity contribution is -0.286. The quantitative estimate of drug-likeness (QED) is 0.878. The summed E-state index contributed by atoms with van der Waals surface area (Å²) in [5, 5.41) is 3.30. The van der Waals surface area contributed by atoms with E-state index in [0.29, 0.717) is 5.69 Å². The number of ether oxygens (including phenoxy) is 2. The van der Waals surface area contributed by atoms with Crippen molar-refractivity contribution >= 4 is 17.0 Å². The summed E-state index contributed by atoms with van der Waals surface area (Å²) in [7, 11) is 0. The Balaban J connectivity index is 1.79. The number of benzene rings is 1. The fraction of sp³-hybridized carbons (Fsp3) is 0.333. The Kier molecular flexibility index (Phi) is 3.28. The van der Waals surface area contributed by atoms with Gasteiger partial charge in [-0.3, -0.25) is 0 Å². The second-order valence-electron chi connectivity index (χ2n) is 5.06. The molecule has 2 aromatic rings. The van der Waals surface area contributed by atoms with Crippen LogP contribution in [-0.2, 0) is 0 Å². The summed E-state index contributed by atoms with van der Waals surface area (Å²) < 4.78 is 34.8. The van der Waals surface area contributed by atoms with E-state index in [2.05, 4.69) is 34.7 Å². The van der Waals surface area contributed by atoms with Crippen LogP contribution in [0.5, 0.6) is 11.5 Å². The standard InChI is InChI=1S/C15H15F2NO2S/c1-8-6-12(10(3)21-8)9(2)18-11-4-5-13-14(7-11)20-15(16,17)19-13/h4-7,9,18H,1-3H3. The molecule has 2 heterocycles. The lowest BCUT2D eigenvalue weighted by Gasteiger charge is -2.15. The van der Waals surface area contributed by atoms with Crippen LogP contribution in [0.15, 0.2) is 24.3 Å². The van der Waals surface area contributed by atoms with Gasteiger partial charge in [-0.15, -0.1) is 20.1 Å². The van der Waals surface area contributed by atoms with Crippen molar-refractivity contribution in [2.45, 2.75) is 33.1 Å². The molecule has 0 saturated heterocycles. The van der Waals surface area contributed by atoms with Gasteiger partial charge in [-0.1, -0.05) is 0 Å². The summed E-state index contributed by atoms with van der Waals surface area (Å²) in [6.07, 6.45) is -3.58. The number of rotatable bonds is 3. The third-order valence-electron chi connectivity index (χ3n) is 3.33. The molecule has 1 aromatic heterocycles. The van der Waals surface area contributed by atoms with Gasteiger partial charge in [0.2, 0.25) is 0 Å². The summed E-state index contributed by atoms with van der Waals surface area (Å²) in [6.45, 7) is 6.18. The first kappa shape index (κ1) is 14.1. The molecule has 6 heteroatoms. The first-order valence-corrected chi connectivity index (χ1v) is 7.39. The Bertz CT molecular complexity index is 684. The Morgan fingerprint density at radius 2 is 1.86 bits per heavy atom. The molecule has 1 N–H and O–H groups in total. The monoisotopic (exact) mass is 311 g/mol. The smallest absolute Gasteiger partial charge is 0.395 e. The fourth-order valence-electron chi connectivity index (χ4n) is 2.45. The highest BCUT2D eigenvalue weighted by molar-refractivity contribution is 7.12. The summed E-state index contributed by atoms with van der Waals surface area (Å²) >= 11 is 1.74. The molecule has 0 amide bonds. The molecular formula is C15H15F2NO2S. The fourth-order valence-corrected chi connectivity index (χ4v) is 3.47. The van der Waals surface area contributed by atoms with Crippen molar-refractivity contribution < 1.29 is 18.3 Å². The van der Waals surface area contributed by atoms with Crippen molar-refractivity contribution in [1.29, 1.82) is 0 Å². The van der Waals surface area contributed by atoms with Crippen LogP contribution in [0.3, 0.4) is 0 Å². The lowest BCUT2D eigenvalue weighted by atomic mass is 10.1. The molecular weight excluding hydrogens is 296 g/mol. The van der Waals surface area contributed by atoms with Gasteiger partial charge in [-0.05, 0) is 44.5 Å². The number of aryl methyl sites for hydroxylation is 2. The zero-order chi connectivity index (χ0) is 15.2. The number of anilines is 1. The molecule has 0 bridgehead atoms. The van der Waals surface area contributed by atoms with Gasteiger partial charge in [0.05, 0.1) is 0 Å². The number of fused-ring (bicyclic) bond motifs is 1. The molecule has 0 spiro atoms. The molecule has 3 rings (SSSR count). The van der Waals surface area contributed by atoms with Crippen LogP contribution >= 0.6 is 11.3 Å². The van der Waals surface area contributed by atoms with Gasteiger partial charge in [0.25, 0.3) is 0 Å². The average Bonchev–Trinajstić information content (AvgIpc) is 2.86. The summed E-state index contributed by atoms with van der Waals surface area (Å²) in [5.74, 6) is 0.108. The molecule has 21 heavy (non-hydrogen) atoms. The normalized spacial score (nSPS) is 16.8. The first-order valence-electron chi connectivity index (χ1n) is 6.57. The molecule has 1 atom stereocenters. The van der Waals surface area contributed by atoms with E-state index in [4.69, 9.17) is 0 Å². The molecule has 1 aromatic carbocycles. The van der Waals surface area contributed by atoms with Gasteiger partial charge in [0, 0.05) is 27.5 Å². The Labute approximate surface area is 125 Å². The summed E-state index contributed by atoms with van der Waals surface area (Å²) in [4.78, 5) is 2.50. The molecule has 0 aliphatic carbocycles. The highest BCUT2D eigenvalue weighted by Crippen LogP contribution is 2.42. The van der Waals surface area contributed by atoms with Crippen molar-refractivity contribution in [3.8, 4) is 11.5 Å². The SMILES string of the molecule is Cc1cc(C(C)Nc2ccc3c(c2)OC(F)(F)O3)c(C)s1. The second-order valence-corrected chi connectivity index (χ2v) is 6.52. The van der Waals surface area contributed by atoms with Crippen LogP contribution in [0.25, 0.3) is 0 Å². The maximum atomic E-state index is 13.0. The van der Waals surface area contributed by atoms with Crippen LogP contribution in [-0.4, -0.2) is 6.29 Å². The minimum absolute atomic E-state index is 0.0513. The average molecular weight is 311 g/mol. The van der Waals surface area contributed by atoms with Gasteiger partial charge < -0.3 is 14.8 Å². The maximum Gasteiger partial charge on any atom is 0.586 e. The molecule has 3 nitrogen and oxygen atoms in total. The van der Waals surface area contributed by atoms with Gasteiger partial charge in [0.1, 0.15) is 0 Å². The zero-order valence-corrected chi connectivity index (χ0v) is 12.7. The number of hydrogen-bond donors (Lipinski definition) is 1. The number of halogens is 2. The molecule has 112 valence electrons. The third kappa shape index (κ3) is 2.81. The number of hydrogen-bond acceptors (Lipinski definition) is 4. The van der Waals surface area contributed by atoms with E-state index >= 15 is 0 Å². The van der Waals surface area contributed by atoms with E-state index < -0.39 is 6.29 Å². The minimum atomic E-state index is -3.58. The van der Waals surface area contributed by atoms with Gasteiger partial charge in [0.15, 0.2) is 11.5 Å². The largest absolute Gasteiger partial charge is 0.586 e. The predicted molar refractivity (Wildman–Crippen MR) is 78.5 cm³/mol. The van der Waals surface area contributed by atoms with Crippen LogP contribution in [0.2, 0.25) is 0 Å². The molecule has 1 unspecified atom stereocenters. The summed E-state index contributed by atoms with van der Waals surface area (Å²) in [6, 6.07) is 6.93. The second kappa shape index (κ2) is 4.87. The van der Waals surface area contributed by atoms with Crippen LogP contribution < -0.4 is 14.8 Å². The highest BCUT2D eigenvalue weighted by atomic mass is 32.1. The van der Waals surface area contributed by atoms with Crippen LogP contribution in [0.4, 0.5) is 14.5 Å². The molecule has 0 fully saturated rings. The number of alkyl halides is 2. The lowest BCUT2D eigenvalue weighted by Crippen LogP contribution is -2.25. The molecule has 1 aliphatic rings. The Morgan fingerprint density at radius 1 is 1.14 bits per heavy atom. The highest BCUT2D eigenvalue weighted by Gasteiger charge is 2.43. The Morgan fingerprint density at radius 3 is 2.52 bits per heavy atom. The number of thiophene rings is 1. The van der Waals surface area contributed by atoms with Crippen molar-refractivity contribution in [2.24, 2.45) is 0 Å². The first-order chi connectivity index (χ1) is 9.84. The van der Waals surface area contributed by atoms with E-state index in [1.807, 2.05) is 6.92 Å². The van der Waals surface area contributed by atoms with Gasteiger partial charge in [-0.2, -0.15) is 0 Å². The van der Waals surface area contributed by atoms with Crippen molar-refractivity contribution in [1.82, 2.24) is 0 Å².